The summed E-state index contributed by atoms with van der Waals surface area (Å²) in [4.78, 5) is 18.3. The summed E-state index contributed by atoms with van der Waals surface area (Å²) >= 11 is 4.95. The number of aromatic amines is 1. The molecule has 4 nitrogen and oxygen atoms in total. The summed E-state index contributed by atoms with van der Waals surface area (Å²) in [7, 11) is 1.25. The number of aromatic nitrogens is 2. The second-order valence-corrected chi connectivity index (χ2v) is 4.35. The van der Waals surface area contributed by atoms with Gasteiger partial charge in [0.2, 0.25) is 0 Å². The van der Waals surface area contributed by atoms with E-state index in [0.29, 0.717) is 16.0 Å². The summed E-state index contributed by atoms with van der Waals surface area (Å²) < 4.78 is 18.5. The fraction of sp³-hybridized carbons (Fsp3) is 0.154. The summed E-state index contributed by atoms with van der Waals surface area (Å²) in [5, 5.41) is 0. The number of hydrogen-bond acceptors (Lipinski definition) is 4. The van der Waals surface area contributed by atoms with E-state index in [2.05, 4.69) is 14.7 Å². The second kappa shape index (κ2) is 5.27. The van der Waals surface area contributed by atoms with Crippen molar-refractivity contribution in [3.63, 3.8) is 0 Å². The van der Waals surface area contributed by atoms with Crippen LogP contribution in [0.5, 0.6) is 0 Å². The van der Waals surface area contributed by atoms with Crippen molar-refractivity contribution in [2.24, 2.45) is 0 Å². The molecule has 1 aromatic carbocycles. The molecule has 0 unspecified atom stereocenters. The summed E-state index contributed by atoms with van der Waals surface area (Å²) in [6.07, 6.45) is 1.59. The first-order chi connectivity index (χ1) is 9.01. The molecule has 2 rings (SSSR count). The average Bonchev–Trinajstić information content (AvgIpc) is 2.39. The molecule has 0 saturated heterocycles. The van der Waals surface area contributed by atoms with Crippen LogP contribution in [0.1, 0.15) is 15.9 Å². The van der Waals surface area contributed by atoms with Crippen molar-refractivity contribution in [3.8, 4) is 11.3 Å². The van der Waals surface area contributed by atoms with Gasteiger partial charge in [0, 0.05) is 11.8 Å². The zero-order chi connectivity index (χ0) is 14.0. The highest BCUT2D eigenvalue weighted by Crippen LogP contribution is 2.23. The smallest absolute Gasteiger partial charge is 0.337 e. The van der Waals surface area contributed by atoms with Gasteiger partial charge < -0.3 is 9.72 Å². The number of methoxy groups -OCH3 is 1. The number of H-pyrrole nitrogens is 1. The van der Waals surface area contributed by atoms with Crippen LogP contribution in [0.25, 0.3) is 11.3 Å². The molecule has 0 spiro atoms. The van der Waals surface area contributed by atoms with Crippen molar-refractivity contribution in [3.05, 3.63) is 46.1 Å². The molecule has 0 aliphatic carbocycles. The van der Waals surface area contributed by atoms with Crippen LogP contribution in [0.4, 0.5) is 4.39 Å². The van der Waals surface area contributed by atoms with E-state index < -0.39 is 11.8 Å². The number of esters is 1. The highest BCUT2D eigenvalue weighted by atomic mass is 32.1. The molecule has 98 valence electrons. The SMILES string of the molecule is COC(=O)c1cc(F)cc(-c2[nH]c(=S)ncc2C)c1. The molecule has 1 aromatic heterocycles. The lowest BCUT2D eigenvalue weighted by molar-refractivity contribution is 0.0600. The van der Waals surface area contributed by atoms with Crippen LogP contribution in [0.3, 0.4) is 0 Å². The number of halogens is 1. The lowest BCUT2D eigenvalue weighted by Crippen LogP contribution is -2.03. The van der Waals surface area contributed by atoms with Crippen molar-refractivity contribution >= 4 is 18.2 Å². The Bertz CT molecular complexity index is 697. The van der Waals surface area contributed by atoms with E-state index in [4.69, 9.17) is 12.2 Å². The molecule has 0 aliphatic rings. The zero-order valence-electron chi connectivity index (χ0n) is 10.4. The van der Waals surface area contributed by atoms with E-state index in [1.807, 2.05) is 6.92 Å². The Balaban J connectivity index is 2.62. The maximum absolute atomic E-state index is 13.6. The largest absolute Gasteiger partial charge is 0.465 e. The van der Waals surface area contributed by atoms with Crippen LogP contribution < -0.4 is 0 Å². The predicted molar refractivity (Wildman–Crippen MR) is 70.9 cm³/mol. The Morgan fingerprint density at radius 2 is 2.16 bits per heavy atom. The Morgan fingerprint density at radius 3 is 2.84 bits per heavy atom. The number of carbonyl (C=O) groups excluding carboxylic acids is 1. The molecule has 0 atom stereocenters. The minimum absolute atomic E-state index is 0.146. The van der Waals surface area contributed by atoms with E-state index in [1.165, 1.54) is 13.2 Å². The normalized spacial score (nSPS) is 10.3. The van der Waals surface area contributed by atoms with Gasteiger partial charge in [-0.1, -0.05) is 0 Å². The van der Waals surface area contributed by atoms with Gasteiger partial charge >= 0.3 is 5.97 Å². The molecule has 19 heavy (non-hydrogen) atoms. The third-order valence-electron chi connectivity index (χ3n) is 2.61. The van der Waals surface area contributed by atoms with Crippen LogP contribution in [-0.2, 0) is 4.74 Å². The van der Waals surface area contributed by atoms with Crippen LogP contribution in [0.2, 0.25) is 0 Å². The van der Waals surface area contributed by atoms with Gasteiger partial charge in [-0.25, -0.2) is 14.2 Å². The maximum Gasteiger partial charge on any atom is 0.337 e. The first kappa shape index (κ1) is 13.4. The number of nitrogens with zero attached hydrogens (tertiary/aromatic N) is 1. The molecule has 0 aliphatic heterocycles. The van der Waals surface area contributed by atoms with Crippen molar-refractivity contribution in [1.82, 2.24) is 9.97 Å². The summed E-state index contributed by atoms with van der Waals surface area (Å²) in [6, 6.07) is 3.99. The van der Waals surface area contributed by atoms with Gasteiger partial charge in [0.05, 0.1) is 18.4 Å². The molecule has 0 saturated carbocycles. The van der Waals surface area contributed by atoms with Gasteiger partial charge in [0.1, 0.15) is 5.82 Å². The second-order valence-electron chi connectivity index (χ2n) is 3.97. The fourth-order valence-corrected chi connectivity index (χ4v) is 1.88. The number of carbonyl (C=O) groups is 1. The van der Waals surface area contributed by atoms with E-state index in [-0.39, 0.29) is 5.56 Å². The minimum atomic E-state index is -0.592. The van der Waals surface area contributed by atoms with Gasteiger partial charge in [-0.05, 0) is 42.9 Å². The Hall–Kier alpha value is -2.08. The Labute approximate surface area is 114 Å². The molecular weight excluding hydrogens is 267 g/mol. The number of aryl methyl sites for hydroxylation is 1. The van der Waals surface area contributed by atoms with Gasteiger partial charge in [-0.2, -0.15) is 0 Å². The number of hydrogen-bond donors (Lipinski definition) is 1. The third-order valence-corrected chi connectivity index (χ3v) is 2.82. The first-order valence-corrected chi connectivity index (χ1v) is 5.87. The first-order valence-electron chi connectivity index (χ1n) is 5.46. The van der Waals surface area contributed by atoms with Gasteiger partial charge in [0.25, 0.3) is 0 Å². The number of ether oxygens (including phenoxy) is 1. The summed E-state index contributed by atoms with van der Waals surface area (Å²) in [5.41, 5.74) is 2.10. The Morgan fingerprint density at radius 1 is 1.42 bits per heavy atom. The monoisotopic (exact) mass is 278 g/mol. The number of benzene rings is 1. The molecular formula is C13H11FN2O2S. The van der Waals surface area contributed by atoms with E-state index in [9.17, 15) is 9.18 Å². The quantitative estimate of drug-likeness (QED) is 0.677. The van der Waals surface area contributed by atoms with Crippen LogP contribution in [0, 0.1) is 17.5 Å². The van der Waals surface area contributed by atoms with Crippen LogP contribution in [-0.4, -0.2) is 23.0 Å². The highest BCUT2D eigenvalue weighted by Gasteiger charge is 2.11. The third kappa shape index (κ3) is 2.85. The van der Waals surface area contributed by atoms with E-state index >= 15 is 0 Å². The molecule has 0 radical (unpaired) electrons. The van der Waals surface area contributed by atoms with Crippen LogP contribution >= 0.6 is 12.2 Å². The number of rotatable bonds is 2. The topological polar surface area (TPSA) is 55.0 Å². The van der Waals surface area contributed by atoms with E-state index in [0.717, 1.165) is 11.6 Å². The lowest BCUT2D eigenvalue weighted by Gasteiger charge is -2.08. The van der Waals surface area contributed by atoms with Crippen molar-refractivity contribution < 1.29 is 13.9 Å². The molecule has 2 aromatic rings. The van der Waals surface area contributed by atoms with Crippen molar-refractivity contribution in [1.29, 1.82) is 0 Å². The van der Waals surface area contributed by atoms with Crippen LogP contribution in [0.15, 0.2) is 24.4 Å². The van der Waals surface area contributed by atoms with Crippen molar-refractivity contribution in [2.75, 3.05) is 7.11 Å². The number of nitrogens with one attached hydrogen (secondary N) is 1. The fourth-order valence-electron chi connectivity index (χ4n) is 1.73. The van der Waals surface area contributed by atoms with Crippen molar-refractivity contribution in [2.45, 2.75) is 6.92 Å². The minimum Gasteiger partial charge on any atom is -0.465 e. The molecule has 0 amide bonds. The van der Waals surface area contributed by atoms with Gasteiger partial charge in [-0.15, -0.1) is 0 Å². The molecule has 0 fully saturated rings. The summed E-state index contributed by atoms with van der Waals surface area (Å²) in [5.74, 6) is -1.11. The van der Waals surface area contributed by atoms with E-state index in [1.54, 1.807) is 12.3 Å². The predicted octanol–water partition coefficient (Wildman–Crippen LogP) is 3.04. The maximum atomic E-state index is 13.6. The highest BCUT2D eigenvalue weighted by molar-refractivity contribution is 7.71. The summed E-state index contributed by atoms with van der Waals surface area (Å²) in [6.45, 7) is 1.82. The lowest BCUT2D eigenvalue weighted by atomic mass is 10.0. The Kier molecular flexibility index (Phi) is 3.71. The molecule has 0 bridgehead atoms. The van der Waals surface area contributed by atoms with Gasteiger partial charge in [-0.3, -0.25) is 0 Å². The zero-order valence-corrected chi connectivity index (χ0v) is 11.2. The average molecular weight is 278 g/mol. The van der Waals surface area contributed by atoms with Gasteiger partial charge in [0.15, 0.2) is 4.77 Å². The molecule has 1 heterocycles. The molecule has 6 heteroatoms. The standard InChI is InChI=1S/C13H11FN2O2S/c1-7-6-15-13(19)16-11(7)8-3-9(12(17)18-2)5-10(14)4-8/h3-6H,1-2H3,(H,15,16,19). The molecule has 1 N–H and O–H groups in total.